The van der Waals surface area contributed by atoms with Gasteiger partial charge < -0.3 is 9.73 Å². The van der Waals surface area contributed by atoms with Crippen LogP contribution in [0.5, 0.6) is 0 Å². The van der Waals surface area contributed by atoms with Gasteiger partial charge in [0, 0.05) is 13.0 Å². The minimum absolute atomic E-state index is 0.693. The van der Waals surface area contributed by atoms with Crippen LogP contribution in [0.2, 0.25) is 0 Å². The molecule has 0 saturated heterocycles. The monoisotopic (exact) mass is 256 g/mol. The summed E-state index contributed by atoms with van der Waals surface area (Å²) in [6.45, 7) is 3.65. The lowest BCUT2D eigenvalue weighted by molar-refractivity contribution is 0.439. The van der Waals surface area contributed by atoms with Crippen LogP contribution in [-0.2, 0) is 19.5 Å². The third kappa shape index (κ3) is 3.04. The molecule has 1 aliphatic rings. The molecule has 1 aromatic heterocycles. The zero-order valence-electron chi connectivity index (χ0n) is 11.4. The highest BCUT2D eigenvalue weighted by molar-refractivity contribution is 5.33. The van der Waals surface area contributed by atoms with Crippen molar-refractivity contribution in [1.82, 2.24) is 10.3 Å². The smallest absolute Gasteiger partial charge is 0.208 e. The Labute approximate surface area is 114 Å². The van der Waals surface area contributed by atoms with Crippen LogP contribution in [0.3, 0.4) is 0 Å². The van der Waals surface area contributed by atoms with Gasteiger partial charge in [0.2, 0.25) is 5.89 Å². The molecular weight excluding hydrogens is 236 g/mol. The van der Waals surface area contributed by atoms with E-state index in [1.165, 1.54) is 24.0 Å². The fraction of sp³-hybridized carbons (Fsp3) is 0.438. The van der Waals surface area contributed by atoms with Crippen molar-refractivity contribution in [2.75, 3.05) is 0 Å². The molecule has 3 rings (SSSR count). The van der Waals surface area contributed by atoms with Crippen LogP contribution in [0, 0.1) is 0 Å². The van der Waals surface area contributed by atoms with E-state index in [4.69, 9.17) is 4.42 Å². The van der Waals surface area contributed by atoms with Gasteiger partial charge in [0.05, 0.1) is 12.7 Å². The second kappa shape index (κ2) is 5.57. The topological polar surface area (TPSA) is 38.1 Å². The summed E-state index contributed by atoms with van der Waals surface area (Å²) in [5, 5.41) is 3.42. The third-order valence-corrected chi connectivity index (χ3v) is 3.61. The summed E-state index contributed by atoms with van der Waals surface area (Å²) in [6.07, 6.45) is 5.40. The van der Waals surface area contributed by atoms with E-state index < -0.39 is 0 Å². The molecule has 0 bridgehead atoms. The molecule has 1 aromatic carbocycles. The fourth-order valence-corrected chi connectivity index (χ4v) is 2.39. The largest absolute Gasteiger partial charge is 0.444 e. The Morgan fingerprint density at radius 1 is 1.26 bits per heavy atom. The van der Waals surface area contributed by atoms with Gasteiger partial charge in [0.25, 0.3) is 0 Å². The van der Waals surface area contributed by atoms with Crippen molar-refractivity contribution in [3.8, 4) is 0 Å². The summed E-state index contributed by atoms with van der Waals surface area (Å²) < 4.78 is 5.59. The van der Waals surface area contributed by atoms with Gasteiger partial charge in [-0.15, -0.1) is 0 Å². The molecule has 1 aliphatic carbocycles. The number of hydrogen-bond donors (Lipinski definition) is 1. The zero-order valence-corrected chi connectivity index (χ0v) is 11.4. The Morgan fingerprint density at radius 2 is 2.11 bits per heavy atom. The van der Waals surface area contributed by atoms with Crippen molar-refractivity contribution in [1.29, 1.82) is 0 Å². The van der Waals surface area contributed by atoms with E-state index in [1.54, 1.807) is 0 Å². The van der Waals surface area contributed by atoms with Crippen molar-refractivity contribution in [3.63, 3.8) is 0 Å². The SMILES string of the molecule is CCc1cnc(CNCc2ccccc2C2CC2)o1. The number of nitrogens with zero attached hydrogens (tertiary/aromatic N) is 1. The van der Waals surface area contributed by atoms with Crippen molar-refractivity contribution in [2.24, 2.45) is 0 Å². The molecule has 0 radical (unpaired) electrons. The molecule has 0 aliphatic heterocycles. The standard InChI is InChI=1S/C16H20N2O/c1-2-14-10-18-16(19-14)11-17-9-13-5-3-4-6-15(13)12-7-8-12/h3-6,10,12,17H,2,7-9,11H2,1H3. The van der Waals surface area contributed by atoms with Gasteiger partial charge in [-0.3, -0.25) is 0 Å². The summed E-state index contributed by atoms with van der Waals surface area (Å²) in [4.78, 5) is 4.26. The molecule has 100 valence electrons. The maximum absolute atomic E-state index is 5.59. The van der Waals surface area contributed by atoms with Crippen LogP contribution in [0.25, 0.3) is 0 Å². The van der Waals surface area contributed by atoms with Crippen LogP contribution >= 0.6 is 0 Å². The van der Waals surface area contributed by atoms with E-state index in [9.17, 15) is 0 Å². The summed E-state index contributed by atoms with van der Waals surface area (Å²) in [6, 6.07) is 8.73. The minimum atomic E-state index is 0.693. The molecule has 0 atom stereocenters. The Bertz CT molecular complexity index is 543. The number of aromatic nitrogens is 1. The van der Waals surface area contributed by atoms with Crippen molar-refractivity contribution >= 4 is 0 Å². The van der Waals surface area contributed by atoms with Gasteiger partial charge >= 0.3 is 0 Å². The second-order valence-electron chi connectivity index (χ2n) is 5.15. The van der Waals surface area contributed by atoms with Crippen LogP contribution in [0.4, 0.5) is 0 Å². The predicted molar refractivity (Wildman–Crippen MR) is 74.8 cm³/mol. The summed E-state index contributed by atoms with van der Waals surface area (Å²) in [5.41, 5.74) is 2.92. The molecule has 19 heavy (non-hydrogen) atoms. The van der Waals surface area contributed by atoms with Gasteiger partial charge in [-0.25, -0.2) is 4.98 Å². The highest BCUT2D eigenvalue weighted by atomic mass is 16.4. The summed E-state index contributed by atoms with van der Waals surface area (Å²) >= 11 is 0. The summed E-state index contributed by atoms with van der Waals surface area (Å²) in [5.74, 6) is 2.53. The first-order chi connectivity index (χ1) is 9.36. The maximum atomic E-state index is 5.59. The molecule has 1 fully saturated rings. The van der Waals surface area contributed by atoms with Gasteiger partial charge in [0.1, 0.15) is 5.76 Å². The lowest BCUT2D eigenvalue weighted by Crippen LogP contribution is -2.14. The number of oxazole rings is 1. The van der Waals surface area contributed by atoms with Gasteiger partial charge in [-0.1, -0.05) is 31.2 Å². The first kappa shape index (κ1) is 12.4. The zero-order chi connectivity index (χ0) is 13.1. The van der Waals surface area contributed by atoms with Gasteiger partial charge in [-0.2, -0.15) is 0 Å². The first-order valence-electron chi connectivity index (χ1n) is 7.09. The third-order valence-electron chi connectivity index (χ3n) is 3.61. The Morgan fingerprint density at radius 3 is 2.84 bits per heavy atom. The van der Waals surface area contributed by atoms with Gasteiger partial charge in [0.15, 0.2) is 0 Å². The van der Waals surface area contributed by atoms with Crippen molar-refractivity contribution in [3.05, 3.63) is 53.2 Å². The number of nitrogens with one attached hydrogen (secondary N) is 1. The number of hydrogen-bond acceptors (Lipinski definition) is 3. The highest BCUT2D eigenvalue weighted by Crippen LogP contribution is 2.41. The molecule has 1 heterocycles. The van der Waals surface area contributed by atoms with Crippen molar-refractivity contribution < 1.29 is 4.42 Å². The molecule has 2 aromatic rings. The summed E-state index contributed by atoms with van der Waals surface area (Å²) in [7, 11) is 0. The number of aryl methyl sites for hydroxylation is 1. The average molecular weight is 256 g/mol. The van der Waals surface area contributed by atoms with E-state index in [0.29, 0.717) is 6.54 Å². The molecule has 3 nitrogen and oxygen atoms in total. The van der Waals surface area contributed by atoms with Crippen molar-refractivity contribution in [2.45, 2.75) is 45.2 Å². The van der Waals surface area contributed by atoms with Crippen LogP contribution in [0.1, 0.15) is 48.5 Å². The Balaban J connectivity index is 1.57. The second-order valence-corrected chi connectivity index (χ2v) is 5.15. The lowest BCUT2D eigenvalue weighted by Gasteiger charge is -2.08. The average Bonchev–Trinajstić information content (AvgIpc) is 3.19. The molecule has 1 N–H and O–H groups in total. The van der Waals surface area contributed by atoms with Crippen LogP contribution in [0.15, 0.2) is 34.9 Å². The Hall–Kier alpha value is -1.61. The van der Waals surface area contributed by atoms with E-state index in [0.717, 1.165) is 30.5 Å². The minimum Gasteiger partial charge on any atom is -0.444 e. The molecule has 1 saturated carbocycles. The van der Waals surface area contributed by atoms with Crippen LogP contribution < -0.4 is 5.32 Å². The molecule has 0 amide bonds. The van der Waals surface area contributed by atoms with Crippen LogP contribution in [-0.4, -0.2) is 4.98 Å². The molecule has 0 spiro atoms. The van der Waals surface area contributed by atoms with E-state index in [2.05, 4.69) is 41.5 Å². The van der Waals surface area contributed by atoms with E-state index >= 15 is 0 Å². The number of benzene rings is 1. The predicted octanol–water partition coefficient (Wildman–Crippen LogP) is 3.40. The van der Waals surface area contributed by atoms with Gasteiger partial charge in [-0.05, 0) is 29.9 Å². The lowest BCUT2D eigenvalue weighted by atomic mass is 10.0. The fourth-order valence-electron chi connectivity index (χ4n) is 2.39. The molecule has 0 unspecified atom stereocenters. The maximum Gasteiger partial charge on any atom is 0.208 e. The Kier molecular flexibility index (Phi) is 3.65. The molecule has 3 heteroatoms. The number of rotatable bonds is 6. The quantitative estimate of drug-likeness (QED) is 0.860. The molecular formula is C16H20N2O. The highest BCUT2D eigenvalue weighted by Gasteiger charge is 2.25. The normalized spacial score (nSPS) is 14.8. The van der Waals surface area contributed by atoms with E-state index in [-0.39, 0.29) is 0 Å². The first-order valence-corrected chi connectivity index (χ1v) is 7.09. The van der Waals surface area contributed by atoms with E-state index in [1.807, 2.05) is 6.20 Å².